The van der Waals surface area contributed by atoms with Gasteiger partial charge in [-0.2, -0.15) is 17.2 Å². The molecule has 1 heterocycles. The molecule has 0 unspecified atom stereocenters. The molecule has 0 amide bonds. The average Bonchev–Trinajstić information content (AvgIpc) is 2.97. The van der Waals surface area contributed by atoms with E-state index in [1.54, 1.807) is 0 Å². The smallest absolute Gasteiger partial charge is 0.387 e. The Labute approximate surface area is 159 Å². The number of alkyl halides is 2. The first-order valence-corrected chi connectivity index (χ1v) is 11.2. The van der Waals surface area contributed by atoms with Crippen LogP contribution in [0.3, 0.4) is 0 Å². The zero-order valence-electron chi connectivity index (χ0n) is 14.6. The van der Waals surface area contributed by atoms with Crippen LogP contribution in [0.2, 0.25) is 0 Å². The Balaban J connectivity index is 2.02. The van der Waals surface area contributed by atoms with Crippen molar-refractivity contribution in [3.63, 3.8) is 0 Å². The Kier molecular flexibility index (Phi) is 5.06. The van der Waals surface area contributed by atoms with E-state index < -0.39 is 31.6 Å². The number of benzene rings is 2. The first kappa shape index (κ1) is 20.1. The van der Waals surface area contributed by atoms with E-state index in [-0.39, 0.29) is 27.3 Å². The van der Waals surface area contributed by atoms with Crippen LogP contribution in [-0.2, 0) is 19.9 Å². The lowest BCUT2D eigenvalue weighted by Gasteiger charge is -2.09. The van der Waals surface area contributed by atoms with Crippen molar-refractivity contribution in [2.24, 2.45) is 0 Å². The number of furan rings is 1. The summed E-state index contributed by atoms with van der Waals surface area (Å²) in [5.74, 6) is -0.109. The lowest BCUT2D eigenvalue weighted by atomic mass is 10.2. The van der Waals surface area contributed by atoms with Crippen molar-refractivity contribution in [1.82, 2.24) is 0 Å². The molecule has 0 fully saturated rings. The zero-order valence-corrected chi connectivity index (χ0v) is 16.3. The van der Waals surface area contributed by atoms with Crippen molar-refractivity contribution in [3.8, 4) is 5.75 Å². The van der Waals surface area contributed by atoms with Gasteiger partial charge in [0.05, 0.1) is 10.6 Å². The van der Waals surface area contributed by atoms with Gasteiger partial charge in [0.15, 0.2) is 9.84 Å². The molecule has 3 aromatic rings. The normalized spacial score (nSPS) is 12.5. The summed E-state index contributed by atoms with van der Waals surface area (Å²) in [5, 5.41) is -0.266. The molecule has 0 saturated heterocycles. The highest BCUT2D eigenvalue weighted by atomic mass is 32.2. The van der Waals surface area contributed by atoms with E-state index in [0.29, 0.717) is 5.56 Å². The standard InChI is InChI=1S/C17H15F2NO6S2/c1-10-7-14-11(8-13(10)26-17(18)19)9-16(25-14)28(23,24)20-12-5-3-4-6-15(12)27(2,21)22/h3-9,17,20H,1-2H3. The molecule has 3 rings (SSSR count). The van der Waals surface area contributed by atoms with Crippen molar-refractivity contribution in [2.75, 3.05) is 11.0 Å². The monoisotopic (exact) mass is 431 g/mol. The van der Waals surface area contributed by atoms with Gasteiger partial charge < -0.3 is 9.15 Å². The van der Waals surface area contributed by atoms with Gasteiger partial charge in [-0.3, -0.25) is 4.72 Å². The van der Waals surface area contributed by atoms with Crippen molar-refractivity contribution in [1.29, 1.82) is 0 Å². The molecule has 150 valence electrons. The quantitative estimate of drug-likeness (QED) is 0.640. The molecule has 0 aliphatic rings. The van der Waals surface area contributed by atoms with Crippen LogP contribution in [0, 0.1) is 6.92 Å². The van der Waals surface area contributed by atoms with E-state index in [9.17, 15) is 25.6 Å². The number of rotatable bonds is 6. The third-order valence-electron chi connectivity index (χ3n) is 3.80. The number of para-hydroxylation sites is 1. The first-order valence-electron chi connectivity index (χ1n) is 7.78. The fourth-order valence-electron chi connectivity index (χ4n) is 2.57. The average molecular weight is 431 g/mol. The summed E-state index contributed by atoms with van der Waals surface area (Å²) in [7, 11) is -7.96. The van der Waals surface area contributed by atoms with Gasteiger partial charge in [-0.1, -0.05) is 12.1 Å². The fourth-order valence-corrected chi connectivity index (χ4v) is 4.53. The van der Waals surface area contributed by atoms with E-state index in [1.807, 2.05) is 0 Å². The van der Waals surface area contributed by atoms with Crippen molar-refractivity contribution >= 4 is 36.5 Å². The first-order chi connectivity index (χ1) is 13.0. The van der Waals surface area contributed by atoms with Gasteiger partial charge in [0.1, 0.15) is 11.3 Å². The molecule has 0 saturated carbocycles. The summed E-state index contributed by atoms with van der Waals surface area (Å²) < 4.78 is 85.8. The van der Waals surface area contributed by atoms with Crippen LogP contribution >= 0.6 is 0 Å². The lowest BCUT2D eigenvalue weighted by Crippen LogP contribution is -2.14. The summed E-state index contributed by atoms with van der Waals surface area (Å²) in [5.41, 5.74) is 0.348. The van der Waals surface area contributed by atoms with Gasteiger partial charge in [-0.05, 0) is 36.8 Å². The second-order valence-electron chi connectivity index (χ2n) is 5.97. The molecule has 7 nitrogen and oxygen atoms in total. The molecule has 0 aliphatic carbocycles. The Morgan fingerprint density at radius 2 is 1.75 bits per heavy atom. The Hall–Kier alpha value is -2.66. The Morgan fingerprint density at radius 3 is 2.39 bits per heavy atom. The van der Waals surface area contributed by atoms with Crippen molar-refractivity contribution < 1.29 is 34.8 Å². The molecular weight excluding hydrogens is 416 g/mol. The number of aryl methyl sites for hydroxylation is 1. The molecule has 0 bridgehead atoms. The number of ether oxygens (including phenoxy) is 1. The molecule has 1 aromatic heterocycles. The summed E-state index contributed by atoms with van der Waals surface area (Å²) in [6.07, 6.45) is 0.953. The number of hydrogen-bond acceptors (Lipinski definition) is 6. The van der Waals surface area contributed by atoms with Crippen molar-refractivity contribution in [3.05, 3.63) is 48.0 Å². The van der Waals surface area contributed by atoms with Crippen LogP contribution in [0.5, 0.6) is 5.75 Å². The number of halogens is 2. The largest absolute Gasteiger partial charge is 0.443 e. The summed E-state index contributed by atoms with van der Waals surface area (Å²) in [6, 6.07) is 9.25. The van der Waals surface area contributed by atoms with E-state index >= 15 is 0 Å². The number of nitrogens with one attached hydrogen (secondary N) is 1. The number of fused-ring (bicyclic) bond motifs is 1. The Morgan fingerprint density at radius 1 is 1.07 bits per heavy atom. The second-order valence-corrected chi connectivity index (χ2v) is 9.57. The highest BCUT2D eigenvalue weighted by molar-refractivity contribution is 7.93. The summed E-state index contributed by atoms with van der Waals surface area (Å²) >= 11 is 0. The maximum atomic E-state index is 12.6. The van der Waals surface area contributed by atoms with Gasteiger partial charge in [-0.25, -0.2) is 8.42 Å². The molecule has 0 spiro atoms. The molecule has 11 heteroatoms. The van der Waals surface area contributed by atoms with Crippen LogP contribution < -0.4 is 9.46 Å². The number of anilines is 1. The number of hydrogen-bond donors (Lipinski definition) is 1. The maximum Gasteiger partial charge on any atom is 0.387 e. The number of sulfone groups is 1. The van der Waals surface area contributed by atoms with Gasteiger partial charge in [-0.15, -0.1) is 0 Å². The van der Waals surface area contributed by atoms with E-state index in [2.05, 4.69) is 9.46 Å². The lowest BCUT2D eigenvalue weighted by molar-refractivity contribution is -0.0502. The predicted molar refractivity (Wildman–Crippen MR) is 97.9 cm³/mol. The van der Waals surface area contributed by atoms with Crippen LogP contribution in [0.15, 0.2) is 56.9 Å². The minimum absolute atomic E-state index is 0.109. The van der Waals surface area contributed by atoms with Crippen LogP contribution in [0.4, 0.5) is 14.5 Å². The molecule has 0 radical (unpaired) electrons. The second kappa shape index (κ2) is 7.06. The third kappa shape index (κ3) is 4.09. The molecule has 1 N–H and O–H groups in total. The molecule has 0 atom stereocenters. The van der Waals surface area contributed by atoms with Crippen molar-refractivity contribution in [2.45, 2.75) is 23.5 Å². The summed E-state index contributed by atoms with van der Waals surface area (Å²) in [4.78, 5) is -0.196. The third-order valence-corrected chi connectivity index (χ3v) is 6.18. The van der Waals surface area contributed by atoms with Crippen LogP contribution in [0.1, 0.15) is 5.56 Å². The topological polar surface area (TPSA) is 103 Å². The highest BCUT2D eigenvalue weighted by Gasteiger charge is 2.24. The van der Waals surface area contributed by atoms with Crippen LogP contribution in [0.25, 0.3) is 11.0 Å². The molecule has 28 heavy (non-hydrogen) atoms. The van der Waals surface area contributed by atoms with Gasteiger partial charge >= 0.3 is 6.61 Å². The fraction of sp³-hybridized carbons (Fsp3) is 0.176. The Bertz CT molecular complexity index is 1250. The van der Waals surface area contributed by atoms with E-state index in [1.165, 1.54) is 43.3 Å². The minimum atomic E-state index is -4.28. The maximum absolute atomic E-state index is 12.6. The highest BCUT2D eigenvalue weighted by Crippen LogP contribution is 2.32. The zero-order chi connectivity index (χ0) is 20.7. The van der Waals surface area contributed by atoms with Crippen LogP contribution in [-0.4, -0.2) is 29.7 Å². The van der Waals surface area contributed by atoms with E-state index in [4.69, 9.17) is 4.42 Å². The van der Waals surface area contributed by atoms with Gasteiger partial charge in [0.2, 0.25) is 5.09 Å². The molecule has 0 aliphatic heterocycles. The van der Waals surface area contributed by atoms with Gasteiger partial charge in [0.25, 0.3) is 10.0 Å². The number of sulfonamides is 1. The minimum Gasteiger partial charge on any atom is -0.443 e. The summed E-state index contributed by atoms with van der Waals surface area (Å²) in [6.45, 7) is -1.52. The van der Waals surface area contributed by atoms with E-state index in [0.717, 1.165) is 12.3 Å². The van der Waals surface area contributed by atoms with Gasteiger partial charge in [0, 0.05) is 17.7 Å². The molecular formula is C17H15F2NO6S2. The molecule has 2 aromatic carbocycles. The SMILES string of the molecule is Cc1cc2oc(S(=O)(=O)Nc3ccccc3S(C)(=O)=O)cc2cc1OC(F)F. The predicted octanol–water partition coefficient (Wildman–Crippen LogP) is 3.55.